The number of aromatic nitrogens is 2. The summed E-state index contributed by atoms with van der Waals surface area (Å²) >= 11 is 0. The lowest BCUT2D eigenvalue weighted by Crippen LogP contribution is -2.44. The predicted octanol–water partition coefficient (Wildman–Crippen LogP) is -0.397. The van der Waals surface area contributed by atoms with Crippen LogP contribution in [0.25, 0.3) is 0 Å². The van der Waals surface area contributed by atoms with Crippen molar-refractivity contribution in [1.29, 1.82) is 0 Å². The second-order valence-corrected chi connectivity index (χ2v) is 4.77. The average molecular weight is 319 g/mol. The van der Waals surface area contributed by atoms with Gasteiger partial charge in [0.05, 0.1) is 0 Å². The number of halogens is 1. The summed E-state index contributed by atoms with van der Waals surface area (Å²) in [6, 6.07) is 1.18. The van der Waals surface area contributed by atoms with Gasteiger partial charge in [0.25, 0.3) is 5.56 Å². The molecular weight excluding hydrogens is 296 g/mol. The molecular formula is C13H23ClN4O3. The fourth-order valence-corrected chi connectivity index (χ4v) is 1.86. The summed E-state index contributed by atoms with van der Waals surface area (Å²) in [6.07, 6.45) is 4.17. The van der Waals surface area contributed by atoms with E-state index < -0.39 is 11.2 Å². The van der Waals surface area contributed by atoms with Crippen molar-refractivity contribution >= 4 is 18.3 Å². The molecule has 0 bridgehead atoms. The lowest BCUT2D eigenvalue weighted by atomic mass is 10.1. The van der Waals surface area contributed by atoms with Gasteiger partial charge in [0.15, 0.2) is 0 Å². The molecule has 0 spiro atoms. The molecule has 1 atom stereocenters. The van der Waals surface area contributed by atoms with E-state index in [9.17, 15) is 14.4 Å². The van der Waals surface area contributed by atoms with Crippen LogP contribution in [0.1, 0.15) is 26.2 Å². The Morgan fingerprint density at radius 3 is 2.67 bits per heavy atom. The number of nitrogens with one attached hydrogen (secondary N) is 1. The van der Waals surface area contributed by atoms with Gasteiger partial charge in [-0.1, -0.05) is 19.8 Å². The molecule has 1 rings (SSSR count). The van der Waals surface area contributed by atoms with Gasteiger partial charge in [-0.15, -0.1) is 12.4 Å². The fourth-order valence-electron chi connectivity index (χ4n) is 1.86. The van der Waals surface area contributed by atoms with Crippen molar-refractivity contribution in [2.24, 2.45) is 12.8 Å². The smallest absolute Gasteiger partial charge is 0.331 e. The lowest BCUT2D eigenvalue weighted by molar-refractivity contribution is -0.122. The molecule has 1 aromatic rings. The van der Waals surface area contributed by atoms with E-state index in [1.165, 1.54) is 23.9 Å². The minimum absolute atomic E-state index is 0. The first-order valence-electron chi connectivity index (χ1n) is 6.75. The molecule has 0 aliphatic carbocycles. The van der Waals surface area contributed by atoms with Crippen LogP contribution >= 0.6 is 12.4 Å². The summed E-state index contributed by atoms with van der Waals surface area (Å²) in [6.45, 7) is 2.32. The summed E-state index contributed by atoms with van der Waals surface area (Å²) in [5.74, 6) is -0.280. The zero-order valence-electron chi connectivity index (χ0n) is 12.4. The van der Waals surface area contributed by atoms with Crippen LogP contribution in [0.15, 0.2) is 21.9 Å². The third-order valence-corrected chi connectivity index (χ3v) is 3.13. The molecule has 0 aliphatic heterocycles. The van der Waals surface area contributed by atoms with Crippen molar-refractivity contribution in [3.8, 4) is 0 Å². The van der Waals surface area contributed by atoms with Crippen LogP contribution in [-0.2, 0) is 18.4 Å². The Labute approximate surface area is 129 Å². The van der Waals surface area contributed by atoms with E-state index >= 15 is 0 Å². The van der Waals surface area contributed by atoms with Gasteiger partial charge in [0, 0.05) is 31.9 Å². The summed E-state index contributed by atoms with van der Waals surface area (Å²) in [7, 11) is 1.38. The number of unbranched alkanes of at least 4 members (excludes halogenated alkanes) is 1. The standard InChI is InChI=1S/C13H22N4O3.ClH/c1-3-4-5-10(8-14)15-11(18)9-17-7-6-12(19)16(2)13(17)20;/h6-7,10H,3-5,8-9,14H2,1-2H3,(H,15,18);1H. The average Bonchev–Trinajstić information content (AvgIpc) is 2.44. The van der Waals surface area contributed by atoms with Gasteiger partial charge in [0.1, 0.15) is 6.54 Å². The maximum atomic E-state index is 11.9. The Morgan fingerprint density at radius 1 is 1.43 bits per heavy atom. The van der Waals surface area contributed by atoms with Crippen molar-refractivity contribution in [3.63, 3.8) is 0 Å². The molecule has 0 radical (unpaired) electrons. The Bertz CT molecular complexity index is 567. The molecule has 0 saturated carbocycles. The molecule has 21 heavy (non-hydrogen) atoms. The van der Waals surface area contributed by atoms with E-state index in [1.54, 1.807) is 0 Å². The second-order valence-electron chi connectivity index (χ2n) is 4.77. The number of carbonyl (C=O) groups excluding carboxylic acids is 1. The van der Waals surface area contributed by atoms with Crippen molar-refractivity contribution in [1.82, 2.24) is 14.5 Å². The maximum Gasteiger partial charge on any atom is 0.331 e. The highest BCUT2D eigenvalue weighted by Gasteiger charge is 2.12. The molecule has 0 saturated heterocycles. The highest BCUT2D eigenvalue weighted by Crippen LogP contribution is 1.99. The van der Waals surface area contributed by atoms with Gasteiger partial charge in [-0.3, -0.25) is 18.7 Å². The van der Waals surface area contributed by atoms with Crippen molar-refractivity contribution in [3.05, 3.63) is 33.1 Å². The highest BCUT2D eigenvalue weighted by molar-refractivity contribution is 5.85. The molecule has 7 nitrogen and oxygen atoms in total. The highest BCUT2D eigenvalue weighted by atomic mass is 35.5. The summed E-state index contributed by atoms with van der Waals surface area (Å²) < 4.78 is 2.16. The van der Waals surface area contributed by atoms with E-state index in [2.05, 4.69) is 12.2 Å². The first-order chi connectivity index (χ1) is 9.49. The molecule has 1 aromatic heterocycles. The molecule has 3 N–H and O–H groups in total. The normalized spacial score (nSPS) is 11.6. The van der Waals surface area contributed by atoms with Crippen LogP contribution in [0.2, 0.25) is 0 Å². The first kappa shape index (κ1) is 19.4. The van der Waals surface area contributed by atoms with Crippen LogP contribution < -0.4 is 22.3 Å². The minimum Gasteiger partial charge on any atom is -0.351 e. The largest absolute Gasteiger partial charge is 0.351 e. The van der Waals surface area contributed by atoms with Gasteiger partial charge in [-0.05, 0) is 6.42 Å². The number of nitrogens with two attached hydrogens (primary N) is 1. The molecule has 8 heteroatoms. The van der Waals surface area contributed by atoms with E-state index in [4.69, 9.17) is 5.73 Å². The monoisotopic (exact) mass is 318 g/mol. The van der Waals surface area contributed by atoms with E-state index in [0.29, 0.717) is 6.54 Å². The molecule has 0 aromatic carbocycles. The number of rotatable bonds is 7. The van der Waals surface area contributed by atoms with Crippen LogP contribution in [0.3, 0.4) is 0 Å². The fraction of sp³-hybridized carbons (Fsp3) is 0.615. The molecule has 0 fully saturated rings. The van der Waals surface area contributed by atoms with Gasteiger partial charge < -0.3 is 11.1 Å². The van der Waals surface area contributed by atoms with Crippen LogP contribution in [0.5, 0.6) is 0 Å². The Balaban J connectivity index is 0.00000400. The Morgan fingerprint density at radius 2 is 2.10 bits per heavy atom. The zero-order valence-corrected chi connectivity index (χ0v) is 13.2. The lowest BCUT2D eigenvalue weighted by Gasteiger charge is -2.17. The number of hydrogen-bond donors (Lipinski definition) is 2. The Hall–Kier alpha value is -1.60. The van der Waals surface area contributed by atoms with Crippen molar-refractivity contribution < 1.29 is 4.79 Å². The maximum absolute atomic E-state index is 11.9. The molecule has 1 heterocycles. The van der Waals surface area contributed by atoms with Gasteiger partial charge >= 0.3 is 5.69 Å². The Kier molecular flexibility index (Phi) is 8.64. The first-order valence-corrected chi connectivity index (χ1v) is 6.75. The van der Waals surface area contributed by atoms with Crippen LogP contribution in [-0.4, -0.2) is 27.6 Å². The number of hydrogen-bond acceptors (Lipinski definition) is 4. The SMILES string of the molecule is CCCCC(CN)NC(=O)Cn1ccc(=O)n(C)c1=O.Cl. The summed E-state index contributed by atoms with van der Waals surface area (Å²) in [4.78, 5) is 34.9. The van der Waals surface area contributed by atoms with Crippen molar-refractivity contribution in [2.75, 3.05) is 6.54 Å². The van der Waals surface area contributed by atoms with Crippen molar-refractivity contribution in [2.45, 2.75) is 38.8 Å². The predicted molar refractivity (Wildman–Crippen MR) is 83.7 cm³/mol. The third kappa shape index (κ3) is 5.73. The number of nitrogens with zero attached hydrogens (tertiary/aromatic N) is 2. The molecule has 120 valence electrons. The minimum atomic E-state index is -0.509. The molecule has 1 amide bonds. The van der Waals surface area contributed by atoms with Gasteiger partial charge in [0.2, 0.25) is 5.91 Å². The number of amides is 1. The number of carbonyl (C=O) groups is 1. The second kappa shape index (κ2) is 9.36. The van der Waals surface area contributed by atoms with Gasteiger partial charge in [-0.2, -0.15) is 0 Å². The third-order valence-electron chi connectivity index (χ3n) is 3.13. The molecule has 1 unspecified atom stereocenters. The summed E-state index contributed by atoms with van der Waals surface area (Å²) in [5.41, 5.74) is 4.70. The quantitative estimate of drug-likeness (QED) is 0.714. The van der Waals surface area contributed by atoms with E-state index in [0.717, 1.165) is 23.8 Å². The topological polar surface area (TPSA) is 99.1 Å². The van der Waals surface area contributed by atoms with Crippen LogP contribution in [0, 0.1) is 0 Å². The van der Waals surface area contributed by atoms with Gasteiger partial charge in [-0.25, -0.2) is 4.79 Å². The zero-order chi connectivity index (χ0) is 15.1. The van der Waals surface area contributed by atoms with E-state index in [-0.39, 0.29) is 30.9 Å². The van der Waals surface area contributed by atoms with E-state index in [1.807, 2.05) is 0 Å². The summed E-state index contributed by atoms with van der Waals surface area (Å²) in [5, 5.41) is 2.80. The van der Waals surface area contributed by atoms with Crippen LogP contribution in [0.4, 0.5) is 0 Å². The molecule has 0 aliphatic rings.